The lowest BCUT2D eigenvalue weighted by molar-refractivity contribution is 0.927. The van der Waals surface area contributed by atoms with Gasteiger partial charge in [-0.2, -0.15) is 0 Å². The van der Waals surface area contributed by atoms with Crippen molar-refractivity contribution in [2.24, 2.45) is 0 Å². The van der Waals surface area contributed by atoms with E-state index in [0.717, 1.165) is 22.3 Å². The molecule has 0 aliphatic rings. The van der Waals surface area contributed by atoms with E-state index in [-0.39, 0.29) is 0 Å². The van der Waals surface area contributed by atoms with E-state index < -0.39 is 0 Å². The predicted octanol–water partition coefficient (Wildman–Crippen LogP) is 2.01. The molecule has 1 aromatic carbocycles. The van der Waals surface area contributed by atoms with E-state index in [1.807, 2.05) is 50.2 Å². The molecule has 0 bridgehead atoms. The molecule has 3 aromatic rings. The molecule has 100 valence electrons. The number of rotatable bonds is 2. The molecule has 21 heavy (non-hydrogen) atoms. The zero-order valence-electron chi connectivity index (χ0n) is 11.9. The summed E-state index contributed by atoms with van der Waals surface area (Å²) in [6.45, 7) is 3.71. The minimum absolute atomic E-state index is 0.649. The summed E-state index contributed by atoms with van der Waals surface area (Å²) >= 11 is 0. The lowest BCUT2D eigenvalue weighted by atomic mass is 9.95. The van der Waals surface area contributed by atoms with Crippen molar-refractivity contribution in [2.45, 2.75) is 13.8 Å². The highest BCUT2D eigenvalue weighted by Crippen LogP contribution is 2.19. The van der Waals surface area contributed by atoms with Crippen LogP contribution in [-0.2, 0) is 0 Å². The van der Waals surface area contributed by atoms with Crippen LogP contribution in [-0.4, -0.2) is 27.8 Å². The Morgan fingerprint density at radius 3 is 1.95 bits per heavy atom. The SMILES string of the molecule is [B]c1ccc(-c2ccc(-c3nc(C)nc(C)n3)cn2)cc1. The van der Waals surface area contributed by atoms with Gasteiger partial charge < -0.3 is 0 Å². The van der Waals surface area contributed by atoms with Crippen LogP contribution < -0.4 is 5.46 Å². The molecule has 0 aliphatic heterocycles. The van der Waals surface area contributed by atoms with Crippen LogP contribution in [0.15, 0.2) is 42.6 Å². The Bertz CT molecular complexity index is 747. The first-order chi connectivity index (χ1) is 10.1. The number of pyridine rings is 1. The zero-order chi connectivity index (χ0) is 14.8. The molecular weight excluding hydrogens is 259 g/mol. The molecule has 0 fully saturated rings. The number of benzene rings is 1. The average molecular weight is 272 g/mol. The van der Waals surface area contributed by atoms with Gasteiger partial charge in [0.25, 0.3) is 0 Å². The van der Waals surface area contributed by atoms with Gasteiger partial charge in [0.05, 0.1) is 5.69 Å². The molecule has 0 unspecified atom stereocenters. The van der Waals surface area contributed by atoms with Crippen molar-refractivity contribution in [3.63, 3.8) is 0 Å². The van der Waals surface area contributed by atoms with Crippen LogP contribution in [0.2, 0.25) is 0 Å². The fourth-order valence-electron chi connectivity index (χ4n) is 2.10. The first-order valence-electron chi connectivity index (χ1n) is 6.63. The van der Waals surface area contributed by atoms with Gasteiger partial charge in [-0.3, -0.25) is 4.98 Å². The highest BCUT2D eigenvalue weighted by Gasteiger charge is 2.06. The van der Waals surface area contributed by atoms with Crippen molar-refractivity contribution in [1.29, 1.82) is 0 Å². The molecule has 0 spiro atoms. The zero-order valence-corrected chi connectivity index (χ0v) is 11.9. The Balaban J connectivity index is 1.95. The Morgan fingerprint density at radius 2 is 1.38 bits per heavy atom. The maximum atomic E-state index is 5.69. The highest BCUT2D eigenvalue weighted by molar-refractivity contribution is 6.32. The van der Waals surface area contributed by atoms with Crippen molar-refractivity contribution >= 4 is 13.3 Å². The van der Waals surface area contributed by atoms with E-state index in [0.29, 0.717) is 17.5 Å². The molecule has 0 amide bonds. The maximum absolute atomic E-state index is 5.69. The molecule has 0 N–H and O–H groups in total. The molecule has 0 saturated heterocycles. The fourth-order valence-corrected chi connectivity index (χ4v) is 2.10. The Kier molecular flexibility index (Phi) is 3.48. The van der Waals surface area contributed by atoms with Crippen LogP contribution in [0.25, 0.3) is 22.6 Å². The second-order valence-electron chi connectivity index (χ2n) is 4.81. The summed E-state index contributed by atoms with van der Waals surface area (Å²) < 4.78 is 0. The third kappa shape index (κ3) is 2.97. The lowest BCUT2D eigenvalue weighted by Gasteiger charge is -2.05. The summed E-state index contributed by atoms with van der Waals surface area (Å²) in [5.74, 6) is 2.07. The molecule has 0 saturated carbocycles. The van der Waals surface area contributed by atoms with Gasteiger partial charge in [0.1, 0.15) is 19.5 Å². The molecule has 2 aromatic heterocycles. The Morgan fingerprint density at radius 1 is 0.762 bits per heavy atom. The van der Waals surface area contributed by atoms with E-state index in [2.05, 4.69) is 19.9 Å². The minimum Gasteiger partial charge on any atom is -0.255 e. The van der Waals surface area contributed by atoms with Gasteiger partial charge >= 0.3 is 0 Å². The Hall–Kier alpha value is -2.56. The average Bonchev–Trinajstić information content (AvgIpc) is 2.47. The molecule has 0 aliphatic carbocycles. The third-order valence-electron chi connectivity index (χ3n) is 3.09. The number of aryl methyl sites for hydroxylation is 2. The van der Waals surface area contributed by atoms with Crippen molar-refractivity contribution < 1.29 is 0 Å². The summed E-state index contributed by atoms with van der Waals surface area (Å²) in [4.78, 5) is 17.3. The Labute approximate surface area is 124 Å². The van der Waals surface area contributed by atoms with Gasteiger partial charge in [-0.15, -0.1) is 0 Å². The molecule has 2 heterocycles. The van der Waals surface area contributed by atoms with Gasteiger partial charge in [-0.05, 0) is 26.0 Å². The lowest BCUT2D eigenvalue weighted by Crippen LogP contribution is -2.00. The molecule has 5 heteroatoms. The van der Waals surface area contributed by atoms with Crippen LogP contribution in [0.1, 0.15) is 11.6 Å². The van der Waals surface area contributed by atoms with E-state index >= 15 is 0 Å². The molecule has 2 radical (unpaired) electrons. The highest BCUT2D eigenvalue weighted by atomic mass is 15.0. The van der Waals surface area contributed by atoms with Crippen molar-refractivity contribution in [3.8, 4) is 22.6 Å². The van der Waals surface area contributed by atoms with E-state index in [1.165, 1.54) is 0 Å². The first-order valence-corrected chi connectivity index (χ1v) is 6.63. The summed E-state index contributed by atoms with van der Waals surface area (Å²) in [5, 5.41) is 0. The van der Waals surface area contributed by atoms with Crippen LogP contribution >= 0.6 is 0 Å². The van der Waals surface area contributed by atoms with Gasteiger partial charge in [0.15, 0.2) is 5.82 Å². The topological polar surface area (TPSA) is 51.6 Å². The fraction of sp³-hybridized carbons (Fsp3) is 0.125. The molecule has 4 nitrogen and oxygen atoms in total. The van der Waals surface area contributed by atoms with Crippen LogP contribution in [0.4, 0.5) is 0 Å². The van der Waals surface area contributed by atoms with Crippen LogP contribution in [0.5, 0.6) is 0 Å². The van der Waals surface area contributed by atoms with Gasteiger partial charge in [-0.1, -0.05) is 29.7 Å². The van der Waals surface area contributed by atoms with Crippen molar-refractivity contribution in [1.82, 2.24) is 19.9 Å². The van der Waals surface area contributed by atoms with E-state index in [1.54, 1.807) is 6.20 Å². The van der Waals surface area contributed by atoms with Crippen LogP contribution in [0.3, 0.4) is 0 Å². The maximum Gasteiger partial charge on any atom is 0.164 e. The molecule has 0 atom stereocenters. The summed E-state index contributed by atoms with van der Waals surface area (Å²) in [6, 6.07) is 11.6. The number of nitrogens with zero attached hydrogens (tertiary/aromatic N) is 4. The van der Waals surface area contributed by atoms with Gasteiger partial charge in [0.2, 0.25) is 0 Å². The van der Waals surface area contributed by atoms with Gasteiger partial charge in [-0.25, -0.2) is 15.0 Å². The second-order valence-corrected chi connectivity index (χ2v) is 4.81. The normalized spacial score (nSPS) is 10.6. The standard InChI is InChI=1S/C16H13BN4/c1-10-19-11(2)21-16(20-10)13-5-8-15(18-9-13)12-3-6-14(17)7-4-12/h3-9H,1-2H3. The predicted molar refractivity (Wildman–Crippen MR) is 83.4 cm³/mol. The molecular formula is C16H13BN4. The minimum atomic E-state index is 0.649. The van der Waals surface area contributed by atoms with Crippen LogP contribution in [0, 0.1) is 13.8 Å². The first kappa shape index (κ1) is 13.4. The monoisotopic (exact) mass is 272 g/mol. The number of aromatic nitrogens is 4. The smallest absolute Gasteiger partial charge is 0.164 e. The number of hydrogen-bond donors (Lipinski definition) is 0. The summed E-state index contributed by atoms with van der Waals surface area (Å²) in [6.07, 6.45) is 1.78. The van der Waals surface area contributed by atoms with E-state index in [9.17, 15) is 0 Å². The van der Waals surface area contributed by atoms with Crippen molar-refractivity contribution in [3.05, 3.63) is 54.2 Å². The summed E-state index contributed by atoms with van der Waals surface area (Å²) in [5.41, 5.74) is 3.54. The third-order valence-corrected chi connectivity index (χ3v) is 3.09. The second kappa shape index (κ2) is 5.44. The van der Waals surface area contributed by atoms with E-state index in [4.69, 9.17) is 7.85 Å². The van der Waals surface area contributed by atoms with Gasteiger partial charge in [0, 0.05) is 17.3 Å². The van der Waals surface area contributed by atoms with Crippen molar-refractivity contribution in [2.75, 3.05) is 0 Å². The largest absolute Gasteiger partial charge is 0.255 e. The molecule has 3 rings (SSSR count). The number of hydrogen-bond acceptors (Lipinski definition) is 4. The quantitative estimate of drug-likeness (QED) is 0.670. The summed E-state index contributed by atoms with van der Waals surface area (Å²) in [7, 11) is 5.69.